The van der Waals surface area contributed by atoms with Crippen LogP contribution in [0, 0.1) is 0 Å². The lowest BCUT2D eigenvalue weighted by atomic mass is 10.2. The van der Waals surface area contributed by atoms with Gasteiger partial charge in [-0.25, -0.2) is 17.9 Å². The quantitative estimate of drug-likeness (QED) is 0.542. The molecule has 0 radical (unpaired) electrons. The molecule has 0 aliphatic rings. The predicted molar refractivity (Wildman–Crippen MR) is 64.7 cm³/mol. The molecule has 0 aromatic heterocycles. The number of aliphatic hydroxyl groups is 1. The highest BCUT2D eigenvalue weighted by Gasteiger charge is 2.19. The Hall–Kier alpha value is -1.64. The summed E-state index contributed by atoms with van der Waals surface area (Å²) in [5.41, 5.74) is 5.25. The molecule has 0 spiro atoms. The molecule has 0 fully saturated rings. The van der Waals surface area contributed by atoms with Crippen LogP contribution in [0.4, 0.5) is 5.69 Å². The average molecular weight is 274 g/mol. The molecule has 1 aromatic rings. The molecule has 1 atom stereocenters. The first kappa shape index (κ1) is 14.4. The Balaban J connectivity index is 3.06. The van der Waals surface area contributed by atoms with Crippen molar-refractivity contribution in [2.24, 2.45) is 0 Å². The Kier molecular flexibility index (Phi) is 4.28. The standard InChI is InChI=1S/C10H14N2O5S/c1-6(13)5-12-18(16,17)9-3-2-7(10(14)15)4-8(9)11/h2-4,6,12-13H,5,11H2,1H3,(H,14,15)/t6-/m0/s1. The van der Waals surface area contributed by atoms with Gasteiger partial charge in [0.1, 0.15) is 4.90 Å². The zero-order valence-electron chi connectivity index (χ0n) is 9.62. The van der Waals surface area contributed by atoms with Gasteiger partial charge in [0.15, 0.2) is 0 Å². The van der Waals surface area contributed by atoms with Crippen LogP contribution in [0.15, 0.2) is 23.1 Å². The van der Waals surface area contributed by atoms with Crippen molar-refractivity contribution in [3.8, 4) is 0 Å². The predicted octanol–water partition coefficient (Wildman–Crippen LogP) is -0.374. The van der Waals surface area contributed by atoms with Crippen molar-refractivity contribution in [3.05, 3.63) is 23.8 Å². The highest BCUT2D eigenvalue weighted by atomic mass is 32.2. The van der Waals surface area contributed by atoms with Gasteiger partial charge >= 0.3 is 5.97 Å². The largest absolute Gasteiger partial charge is 0.478 e. The molecule has 0 aliphatic carbocycles. The van der Waals surface area contributed by atoms with E-state index in [9.17, 15) is 13.2 Å². The van der Waals surface area contributed by atoms with Gasteiger partial charge in [-0.1, -0.05) is 0 Å². The van der Waals surface area contributed by atoms with Crippen LogP contribution in [0.2, 0.25) is 0 Å². The monoisotopic (exact) mass is 274 g/mol. The molecule has 1 rings (SSSR count). The summed E-state index contributed by atoms with van der Waals surface area (Å²) in [6.45, 7) is 1.28. The zero-order chi connectivity index (χ0) is 13.9. The van der Waals surface area contributed by atoms with Crippen LogP contribution in [0.5, 0.6) is 0 Å². The third kappa shape index (κ3) is 3.42. The number of hydrogen-bond donors (Lipinski definition) is 4. The van der Waals surface area contributed by atoms with E-state index in [1.165, 1.54) is 6.92 Å². The molecule has 0 heterocycles. The fourth-order valence-corrected chi connectivity index (χ4v) is 2.47. The van der Waals surface area contributed by atoms with Crippen LogP contribution in [0.1, 0.15) is 17.3 Å². The number of nitrogen functional groups attached to an aromatic ring is 1. The van der Waals surface area contributed by atoms with E-state index in [4.69, 9.17) is 15.9 Å². The van der Waals surface area contributed by atoms with Gasteiger partial charge in [0.25, 0.3) is 0 Å². The van der Waals surface area contributed by atoms with Gasteiger partial charge in [-0.3, -0.25) is 0 Å². The summed E-state index contributed by atoms with van der Waals surface area (Å²) < 4.78 is 25.7. The number of sulfonamides is 1. The lowest BCUT2D eigenvalue weighted by Gasteiger charge is -2.10. The van der Waals surface area contributed by atoms with Gasteiger partial charge in [0.2, 0.25) is 10.0 Å². The van der Waals surface area contributed by atoms with Crippen molar-refractivity contribution in [1.82, 2.24) is 4.72 Å². The van der Waals surface area contributed by atoms with Gasteiger partial charge < -0.3 is 15.9 Å². The Morgan fingerprint density at radius 2 is 2.11 bits per heavy atom. The Labute approximate surface area is 104 Å². The molecule has 0 aliphatic heterocycles. The molecule has 0 saturated heterocycles. The van der Waals surface area contributed by atoms with Crippen molar-refractivity contribution in [2.75, 3.05) is 12.3 Å². The van der Waals surface area contributed by atoms with E-state index < -0.39 is 22.1 Å². The van der Waals surface area contributed by atoms with Crippen molar-refractivity contribution in [1.29, 1.82) is 0 Å². The minimum absolute atomic E-state index is 0.0954. The summed E-state index contributed by atoms with van der Waals surface area (Å²) in [6.07, 6.45) is -0.834. The fraction of sp³-hybridized carbons (Fsp3) is 0.300. The van der Waals surface area contributed by atoms with Crippen LogP contribution in [-0.2, 0) is 10.0 Å². The number of carbonyl (C=O) groups is 1. The number of nitrogens with one attached hydrogen (secondary N) is 1. The third-order valence-corrected chi connectivity index (χ3v) is 3.61. The first-order chi connectivity index (χ1) is 8.24. The summed E-state index contributed by atoms with van der Waals surface area (Å²) in [5.74, 6) is -1.19. The van der Waals surface area contributed by atoms with Crippen LogP contribution in [0.25, 0.3) is 0 Å². The minimum atomic E-state index is -3.86. The van der Waals surface area contributed by atoms with Crippen LogP contribution in [0.3, 0.4) is 0 Å². The molecular weight excluding hydrogens is 260 g/mol. The highest BCUT2D eigenvalue weighted by Crippen LogP contribution is 2.19. The third-order valence-electron chi connectivity index (χ3n) is 2.12. The van der Waals surface area contributed by atoms with Crippen molar-refractivity contribution in [2.45, 2.75) is 17.9 Å². The minimum Gasteiger partial charge on any atom is -0.478 e. The SMILES string of the molecule is C[C@H](O)CNS(=O)(=O)c1ccc(C(=O)O)cc1N. The molecule has 7 nitrogen and oxygen atoms in total. The second kappa shape index (κ2) is 5.34. The number of rotatable bonds is 5. The molecule has 1 aromatic carbocycles. The molecule has 18 heavy (non-hydrogen) atoms. The number of aliphatic hydroxyl groups excluding tert-OH is 1. The number of nitrogens with two attached hydrogens (primary N) is 1. The lowest BCUT2D eigenvalue weighted by Crippen LogP contribution is -2.31. The molecule has 0 saturated carbocycles. The van der Waals surface area contributed by atoms with Crippen LogP contribution < -0.4 is 10.5 Å². The van der Waals surface area contributed by atoms with Crippen molar-refractivity contribution in [3.63, 3.8) is 0 Å². The molecule has 0 amide bonds. The lowest BCUT2D eigenvalue weighted by molar-refractivity contribution is 0.0697. The number of anilines is 1. The molecule has 5 N–H and O–H groups in total. The summed E-state index contributed by atoms with van der Waals surface area (Å²) in [6, 6.07) is 3.33. The average Bonchev–Trinajstić information content (AvgIpc) is 2.26. The number of hydrogen-bond acceptors (Lipinski definition) is 5. The maximum Gasteiger partial charge on any atom is 0.335 e. The topological polar surface area (TPSA) is 130 Å². The van der Waals surface area contributed by atoms with E-state index in [1.54, 1.807) is 0 Å². The summed E-state index contributed by atoms with van der Waals surface area (Å²) in [5, 5.41) is 17.7. The first-order valence-corrected chi connectivity index (χ1v) is 6.53. The van der Waals surface area contributed by atoms with Gasteiger partial charge in [-0.2, -0.15) is 0 Å². The zero-order valence-corrected chi connectivity index (χ0v) is 10.4. The molecule has 0 bridgehead atoms. The first-order valence-electron chi connectivity index (χ1n) is 5.04. The van der Waals surface area contributed by atoms with Gasteiger partial charge in [-0.05, 0) is 25.1 Å². The van der Waals surface area contributed by atoms with E-state index in [-0.39, 0.29) is 22.7 Å². The normalized spacial score (nSPS) is 13.2. The number of carboxylic acid groups (broad SMARTS) is 1. The van der Waals surface area contributed by atoms with Gasteiger partial charge in [0, 0.05) is 6.54 Å². The Morgan fingerprint density at radius 1 is 1.50 bits per heavy atom. The number of aromatic carboxylic acids is 1. The maximum atomic E-state index is 11.8. The summed E-state index contributed by atoms with van der Waals surface area (Å²) >= 11 is 0. The number of benzene rings is 1. The smallest absolute Gasteiger partial charge is 0.335 e. The van der Waals surface area contributed by atoms with Gasteiger partial charge in [-0.15, -0.1) is 0 Å². The molecular formula is C10H14N2O5S. The van der Waals surface area contributed by atoms with E-state index in [0.29, 0.717) is 0 Å². The molecule has 100 valence electrons. The van der Waals surface area contributed by atoms with Crippen molar-refractivity contribution < 1.29 is 23.4 Å². The summed E-state index contributed by atoms with van der Waals surface area (Å²) in [4.78, 5) is 10.5. The van der Waals surface area contributed by atoms with E-state index in [0.717, 1.165) is 18.2 Å². The van der Waals surface area contributed by atoms with E-state index in [2.05, 4.69) is 4.72 Å². The summed E-state index contributed by atoms with van der Waals surface area (Å²) in [7, 11) is -3.86. The van der Waals surface area contributed by atoms with E-state index in [1.807, 2.05) is 0 Å². The Morgan fingerprint density at radius 3 is 2.56 bits per heavy atom. The molecule has 0 unspecified atom stereocenters. The maximum absolute atomic E-state index is 11.8. The highest BCUT2D eigenvalue weighted by molar-refractivity contribution is 7.89. The van der Waals surface area contributed by atoms with Crippen LogP contribution in [-0.4, -0.2) is 37.2 Å². The fourth-order valence-electron chi connectivity index (χ4n) is 1.23. The van der Waals surface area contributed by atoms with Crippen molar-refractivity contribution >= 4 is 21.7 Å². The number of carboxylic acids is 1. The second-order valence-electron chi connectivity index (χ2n) is 3.76. The molecule has 8 heteroatoms. The van der Waals surface area contributed by atoms with Crippen LogP contribution >= 0.6 is 0 Å². The second-order valence-corrected chi connectivity index (χ2v) is 5.49. The Bertz CT molecular complexity index is 553. The van der Waals surface area contributed by atoms with E-state index >= 15 is 0 Å². The van der Waals surface area contributed by atoms with Gasteiger partial charge in [0.05, 0.1) is 17.4 Å².